The van der Waals surface area contributed by atoms with E-state index in [1.54, 1.807) is 23.7 Å². The minimum absolute atomic E-state index is 0.387. The van der Waals surface area contributed by atoms with Gasteiger partial charge in [0.1, 0.15) is 0 Å². The lowest BCUT2D eigenvalue weighted by molar-refractivity contribution is 0.259. The number of hydrogen-bond acceptors (Lipinski definition) is 4. The molecule has 0 saturated heterocycles. The number of carbonyl (C=O) groups excluding carboxylic acids is 1. The zero-order valence-electron chi connectivity index (χ0n) is 13.1. The van der Waals surface area contributed by atoms with Gasteiger partial charge in [-0.05, 0) is 39.0 Å². The van der Waals surface area contributed by atoms with Crippen molar-refractivity contribution in [3.8, 4) is 5.95 Å². The summed E-state index contributed by atoms with van der Waals surface area (Å²) in [7, 11) is 0. The van der Waals surface area contributed by atoms with E-state index in [1.165, 1.54) is 4.68 Å². The highest BCUT2D eigenvalue weighted by atomic mass is 16.2. The predicted octanol–water partition coefficient (Wildman–Crippen LogP) is 2.16. The quantitative estimate of drug-likeness (QED) is 0.775. The van der Waals surface area contributed by atoms with Crippen LogP contribution in [0.25, 0.3) is 5.95 Å². The second-order valence-electron chi connectivity index (χ2n) is 5.15. The van der Waals surface area contributed by atoms with Crippen LogP contribution in [0.5, 0.6) is 0 Å². The van der Waals surface area contributed by atoms with Crippen molar-refractivity contribution < 1.29 is 4.79 Å². The van der Waals surface area contributed by atoms with Crippen molar-refractivity contribution in [3.05, 3.63) is 53.6 Å². The monoisotopic (exact) mass is 311 g/mol. The number of aryl methyl sites for hydroxylation is 3. The number of nitrogens with zero attached hydrogens (tertiary/aromatic N) is 5. The molecule has 3 rings (SSSR count). The molecule has 8 nitrogen and oxygen atoms in total. The van der Waals surface area contributed by atoms with Crippen molar-refractivity contribution in [2.45, 2.75) is 20.8 Å². The van der Waals surface area contributed by atoms with Crippen LogP contribution in [-0.2, 0) is 0 Å². The van der Waals surface area contributed by atoms with Crippen LogP contribution in [0.1, 0.15) is 17.2 Å². The first-order valence-electron chi connectivity index (χ1n) is 7.13. The van der Waals surface area contributed by atoms with Crippen molar-refractivity contribution >= 4 is 11.7 Å². The average Bonchev–Trinajstić information content (AvgIpc) is 3.03. The minimum atomic E-state index is -0.387. The van der Waals surface area contributed by atoms with Gasteiger partial charge in [-0.25, -0.2) is 19.6 Å². The third-order valence-corrected chi connectivity index (χ3v) is 3.25. The fourth-order valence-electron chi connectivity index (χ4n) is 2.23. The molecule has 2 aromatic heterocycles. The highest BCUT2D eigenvalue weighted by molar-refractivity contribution is 5.95. The normalized spacial score (nSPS) is 10.6. The van der Waals surface area contributed by atoms with E-state index in [2.05, 4.69) is 26.0 Å². The van der Waals surface area contributed by atoms with E-state index >= 15 is 0 Å². The average molecular weight is 311 g/mol. The summed E-state index contributed by atoms with van der Waals surface area (Å²) in [6.07, 6.45) is 0. The van der Waals surface area contributed by atoms with Crippen LogP contribution in [0.4, 0.5) is 10.5 Å². The number of para-hydroxylation sites is 1. The third kappa shape index (κ3) is 3.05. The van der Waals surface area contributed by atoms with Crippen molar-refractivity contribution in [2.75, 3.05) is 10.7 Å². The third-order valence-electron chi connectivity index (χ3n) is 3.25. The molecule has 0 saturated carbocycles. The molecular weight excluding hydrogens is 294 g/mol. The van der Waals surface area contributed by atoms with E-state index < -0.39 is 0 Å². The van der Waals surface area contributed by atoms with Gasteiger partial charge in [0.25, 0.3) is 5.95 Å². The summed E-state index contributed by atoms with van der Waals surface area (Å²) < 4.78 is 3.13. The molecule has 0 aliphatic carbocycles. The molecule has 8 heteroatoms. The van der Waals surface area contributed by atoms with Crippen LogP contribution in [0.2, 0.25) is 0 Å². The Morgan fingerprint density at radius 1 is 1.09 bits per heavy atom. The lowest BCUT2D eigenvalue weighted by atomic mass is 10.3. The number of carbonyl (C=O) groups is 1. The van der Waals surface area contributed by atoms with E-state index in [-0.39, 0.29) is 6.03 Å². The first-order valence-corrected chi connectivity index (χ1v) is 7.13. The lowest BCUT2D eigenvalue weighted by Crippen LogP contribution is -2.30. The number of hydrogen-bond donors (Lipinski definition) is 2. The van der Waals surface area contributed by atoms with E-state index in [0.717, 1.165) is 11.4 Å². The number of benzene rings is 1. The number of aromatic nitrogens is 5. The van der Waals surface area contributed by atoms with Gasteiger partial charge in [0, 0.05) is 11.4 Å². The molecule has 0 atom stereocenters. The Hall–Kier alpha value is -3.16. The first-order chi connectivity index (χ1) is 11.0. The predicted molar refractivity (Wildman–Crippen MR) is 86.2 cm³/mol. The fourth-order valence-corrected chi connectivity index (χ4v) is 2.23. The van der Waals surface area contributed by atoms with Gasteiger partial charge in [-0.2, -0.15) is 5.10 Å². The van der Waals surface area contributed by atoms with Gasteiger partial charge in [-0.1, -0.05) is 18.2 Å². The summed E-state index contributed by atoms with van der Waals surface area (Å²) in [5.74, 6) is 0.979. The number of urea groups is 1. The highest BCUT2D eigenvalue weighted by Gasteiger charge is 2.16. The highest BCUT2D eigenvalue weighted by Crippen LogP contribution is 2.11. The fraction of sp³-hybridized carbons (Fsp3) is 0.200. The molecule has 0 fully saturated rings. The zero-order chi connectivity index (χ0) is 16.4. The molecule has 2 heterocycles. The maximum Gasteiger partial charge on any atom is 0.338 e. The van der Waals surface area contributed by atoms with E-state index in [1.807, 2.05) is 38.1 Å². The maximum absolute atomic E-state index is 12.2. The number of amides is 2. The van der Waals surface area contributed by atoms with E-state index in [4.69, 9.17) is 0 Å². The molecular formula is C15H17N7O. The Labute approximate surface area is 133 Å². The summed E-state index contributed by atoms with van der Waals surface area (Å²) in [4.78, 5) is 12.2. The molecule has 2 amide bonds. The molecule has 118 valence electrons. The topological polar surface area (TPSA) is 89.7 Å². The van der Waals surface area contributed by atoms with Crippen molar-refractivity contribution in [3.63, 3.8) is 0 Å². The molecule has 1 aromatic carbocycles. The van der Waals surface area contributed by atoms with Crippen molar-refractivity contribution in [1.82, 2.24) is 24.7 Å². The number of anilines is 1. The largest absolute Gasteiger partial charge is 0.338 e. The summed E-state index contributed by atoms with van der Waals surface area (Å²) in [5, 5.41) is 15.2. The Bertz CT molecular complexity index is 835. The Morgan fingerprint density at radius 2 is 1.83 bits per heavy atom. The van der Waals surface area contributed by atoms with Crippen LogP contribution in [-0.4, -0.2) is 30.7 Å². The number of nitrogens with one attached hydrogen (secondary N) is 2. The van der Waals surface area contributed by atoms with Gasteiger partial charge < -0.3 is 5.32 Å². The second-order valence-corrected chi connectivity index (χ2v) is 5.15. The minimum Gasteiger partial charge on any atom is -0.307 e. The molecule has 2 N–H and O–H groups in total. The Kier molecular flexibility index (Phi) is 3.80. The van der Waals surface area contributed by atoms with Crippen LogP contribution >= 0.6 is 0 Å². The van der Waals surface area contributed by atoms with Crippen LogP contribution in [0.3, 0.4) is 0 Å². The number of rotatable bonds is 3. The molecule has 0 radical (unpaired) electrons. The molecule has 0 spiro atoms. The van der Waals surface area contributed by atoms with E-state index in [9.17, 15) is 4.79 Å². The van der Waals surface area contributed by atoms with Gasteiger partial charge >= 0.3 is 6.03 Å². The summed E-state index contributed by atoms with van der Waals surface area (Å²) >= 11 is 0. The molecule has 23 heavy (non-hydrogen) atoms. The van der Waals surface area contributed by atoms with Crippen molar-refractivity contribution in [1.29, 1.82) is 0 Å². The van der Waals surface area contributed by atoms with E-state index in [0.29, 0.717) is 17.5 Å². The summed E-state index contributed by atoms with van der Waals surface area (Å²) in [6.45, 7) is 5.57. The van der Waals surface area contributed by atoms with Gasteiger partial charge in [0.05, 0.1) is 5.69 Å². The second kappa shape index (κ2) is 5.91. The van der Waals surface area contributed by atoms with Crippen LogP contribution in [0, 0.1) is 20.8 Å². The molecule has 0 unspecified atom stereocenters. The molecule has 0 bridgehead atoms. The zero-order valence-corrected chi connectivity index (χ0v) is 13.1. The summed E-state index contributed by atoms with van der Waals surface area (Å²) in [5.41, 5.74) is 5.19. The maximum atomic E-state index is 12.2. The molecule has 0 aliphatic rings. The Morgan fingerprint density at radius 3 is 2.48 bits per heavy atom. The Balaban J connectivity index is 1.85. The van der Waals surface area contributed by atoms with Crippen molar-refractivity contribution in [2.24, 2.45) is 0 Å². The van der Waals surface area contributed by atoms with Crippen LogP contribution in [0.15, 0.2) is 36.4 Å². The van der Waals surface area contributed by atoms with Gasteiger partial charge in [0.2, 0.25) is 0 Å². The smallest absolute Gasteiger partial charge is 0.307 e. The first kappa shape index (κ1) is 14.8. The van der Waals surface area contributed by atoms with Gasteiger partial charge in [0.15, 0.2) is 5.82 Å². The van der Waals surface area contributed by atoms with Gasteiger partial charge in [-0.3, -0.25) is 0 Å². The van der Waals surface area contributed by atoms with Crippen LogP contribution < -0.4 is 10.7 Å². The van der Waals surface area contributed by atoms with Gasteiger partial charge in [-0.15, -0.1) is 10.2 Å². The molecule has 3 aromatic rings. The molecule has 0 aliphatic heterocycles. The summed E-state index contributed by atoms with van der Waals surface area (Å²) in [6, 6.07) is 10.7. The SMILES string of the molecule is Cc1cc(C)n(-c2nnc(C)n2NC(=O)Nc2ccccc2)n1. The lowest BCUT2D eigenvalue weighted by Gasteiger charge is -2.12. The standard InChI is InChI=1S/C15H17N7O/c1-10-9-11(2)21(19-10)15-18-17-12(3)22(15)20-14(23)16-13-7-5-4-6-8-13/h4-9H,1-3H3,(H2,16,20,23).